The van der Waals surface area contributed by atoms with Crippen LogP contribution in [0.2, 0.25) is 0 Å². The Balaban J connectivity index is 3.16. The lowest BCUT2D eigenvalue weighted by Crippen LogP contribution is -2.20. The smallest absolute Gasteiger partial charge is 0.306 e. The molecule has 0 spiro atoms. The summed E-state index contributed by atoms with van der Waals surface area (Å²) in [5, 5.41) is 17.7. The first kappa shape index (κ1) is 25.4. The number of hydrogen-bond acceptors (Lipinski definition) is 4. The highest BCUT2D eigenvalue weighted by atomic mass is 16.5. The molecule has 0 aromatic rings. The lowest BCUT2D eigenvalue weighted by molar-refractivity contribution is -0.151. The van der Waals surface area contributed by atoms with Gasteiger partial charge in [-0.2, -0.15) is 0 Å². The largest absolute Gasteiger partial charge is 0.460 e. The molecule has 0 fully saturated rings. The zero-order valence-electron chi connectivity index (χ0n) is 17.2. The van der Waals surface area contributed by atoms with Gasteiger partial charge in [0.15, 0.2) is 0 Å². The lowest BCUT2D eigenvalue weighted by Gasteiger charge is -2.12. The van der Waals surface area contributed by atoms with E-state index in [1.165, 1.54) is 77.0 Å². The Morgan fingerprint density at radius 2 is 1.08 bits per heavy atom. The molecule has 156 valence electrons. The molecule has 0 aliphatic rings. The maximum atomic E-state index is 11.6. The predicted molar refractivity (Wildman–Crippen MR) is 108 cm³/mol. The Morgan fingerprint density at radius 1 is 0.692 bits per heavy atom. The molecule has 0 aliphatic carbocycles. The highest BCUT2D eigenvalue weighted by Crippen LogP contribution is 2.14. The number of aliphatic hydroxyl groups is 2. The van der Waals surface area contributed by atoms with Crippen LogP contribution in [0, 0.1) is 0 Å². The van der Waals surface area contributed by atoms with E-state index in [-0.39, 0.29) is 18.7 Å². The van der Waals surface area contributed by atoms with E-state index in [1.807, 2.05) is 6.92 Å². The van der Waals surface area contributed by atoms with Crippen molar-refractivity contribution in [1.29, 1.82) is 0 Å². The summed E-state index contributed by atoms with van der Waals surface area (Å²) in [6.45, 7) is 2.18. The first-order chi connectivity index (χ1) is 12.7. The molecule has 0 bridgehead atoms. The monoisotopic (exact) mass is 372 g/mol. The van der Waals surface area contributed by atoms with Gasteiger partial charge in [-0.3, -0.25) is 4.79 Å². The van der Waals surface area contributed by atoms with Gasteiger partial charge in [0.25, 0.3) is 0 Å². The number of carbonyl (C=O) groups excluding carboxylic acids is 1. The fourth-order valence-electron chi connectivity index (χ4n) is 3.17. The minimum absolute atomic E-state index is 0.0765. The lowest BCUT2D eigenvalue weighted by atomic mass is 10.0. The van der Waals surface area contributed by atoms with Crippen LogP contribution in [0.1, 0.15) is 116 Å². The molecule has 2 N–H and O–H groups in total. The molecule has 1 unspecified atom stereocenters. The quantitative estimate of drug-likeness (QED) is 0.218. The van der Waals surface area contributed by atoms with E-state index in [4.69, 9.17) is 14.9 Å². The first-order valence-electron chi connectivity index (χ1n) is 11.2. The molecule has 0 saturated carbocycles. The van der Waals surface area contributed by atoms with Crippen molar-refractivity contribution in [3.8, 4) is 0 Å². The summed E-state index contributed by atoms with van der Waals surface area (Å²) in [5.41, 5.74) is 0. The average Bonchev–Trinajstić information content (AvgIpc) is 2.65. The zero-order valence-corrected chi connectivity index (χ0v) is 17.2. The van der Waals surface area contributed by atoms with Crippen molar-refractivity contribution in [2.75, 3.05) is 13.2 Å². The van der Waals surface area contributed by atoms with Crippen molar-refractivity contribution < 1.29 is 19.7 Å². The van der Waals surface area contributed by atoms with Crippen molar-refractivity contribution in [2.45, 2.75) is 122 Å². The summed E-state index contributed by atoms with van der Waals surface area (Å²) in [5.74, 6) is -0.167. The summed E-state index contributed by atoms with van der Waals surface area (Å²) in [6.07, 6.45) is 19.5. The SMILES string of the molecule is CCC(CO)OC(=O)CCCCCCCCCCCCCCCCCO. The molecule has 4 heteroatoms. The van der Waals surface area contributed by atoms with E-state index in [9.17, 15) is 4.79 Å². The first-order valence-corrected chi connectivity index (χ1v) is 11.2. The molecule has 4 nitrogen and oxygen atoms in total. The van der Waals surface area contributed by atoms with Gasteiger partial charge in [0.2, 0.25) is 0 Å². The van der Waals surface area contributed by atoms with Crippen LogP contribution in [0.25, 0.3) is 0 Å². The summed E-state index contributed by atoms with van der Waals surface area (Å²) < 4.78 is 5.17. The molecule has 0 aromatic carbocycles. The van der Waals surface area contributed by atoms with Crippen LogP contribution in [0.15, 0.2) is 0 Å². The Hall–Kier alpha value is -0.610. The van der Waals surface area contributed by atoms with Crippen LogP contribution in [-0.2, 0) is 9.53 Å². The number of esters is 1. The molecule has 0 radical (unpaired) electrons. The van der Waals surface area contributed by atoms with Gasteiger partial charge in [-0.05, 0) is 19.3 Å². The standard InChI is InChI=1S/C22H44O4/c1-2-21(20-24)26-22(25)18-16-14-12-10-8-6-4-3-5-7-9-11-13-15-17-19-23/h21,23-24H,2-20H2,1H3. The number of carbonyl (C=O) groups is 1. The molecule has 0 rings (SSSR count). The summed E-state index contributed by atoms with van der Waals surface area (Å²) >= 11 is 0. The second-order valence-corrected chi connectivity index (χ2v) is 7.48. The fourth-order valence-corrected chi connectivity index (χ4v) is 3.17. The van der Waals surface area contributed by atoms with E-state index in [0.717, 1.165) is 19.3 Å². The topological polar surface area (TPSA) is 66.8 Å². The van der Waals surface area contributed by atoms with Crippen LogP contribution in [0.4, 0.5) is 0 Å². The van der Waals surface area contributed by atoms with E-state index in [0.29, 0.717) is 19.4 Å². The normalized spacial score (nSPS) is 12.3. The molecule has 0 aromatic heterocycles. The van der Waals surface area contributed by atoms with Crippen LogP contribution >= 0.6 is 0 Å². The minimum atomic E-state index is -0.325. The molecule has 0 aliphatic heterocycles. The van der Waals surface area contributed by atoms with Gasteiger partial charge >= 0.3 is 5.97 Å². The summed E-state index contributed by atoms with van der Waals surface area (Å²) in [4.78, 5) is 11.6. The highest BCUT2D eigenvalue weighted by molar-refractivity contribution is 5.69. The predicted octanol–water partition coefficient (Wildman–Crippen LogP) is 5.53. The van der Waals surface area contributed by atoms with Crippen molar-refractivity contribution in [2.24, 2.45) is 0 Å². The molecular weight excluding hydrogens is 328 g/mol. The average molecular weight is 373 g/mol. The molecular formula is C22H44O4. The van der Waals surface area contributed by atoms with Crippen LogP contribution in [0.3, 0.4) is 0 Å². The fraction of sp³-hybridized carbons (Fsp3) is 0.955. The van der Waals surface area contributed by atoms with Gasteiger partial charge in [0.05, 0.1) is 6.61 Å². The van der Waals surface area contributed by atoms with Gasteiger partial charge in [0, 0.05) is 13.0 Å². The number of hydrogen-bond donors (Lipinski definition) is 2. The maximum Gasteiger partial charge on any atom is 0.306 e. The van der Waals surface area contributed by atoms with Crippen molar-refractivity contribution in [3.05, 3.63) is 0 Å². The van der Waals surface area contributed by atoms with Gasteiger partial charge in [-0.1, -0.05) is 90.4 Å². The Kier molecular flexibility index (Phi) is 20.2. The molecule has 26 heavy (non-hydrogen) atoms. The van der Waals surface area contributed by atoms with Crippen LogP contribution < -0.4 is 0 Å². The molecule has 0 heterocycles. The van der Waals surface area contributed by atoms with E-state index >= 15 is 0 Å². The Labute approximate surface area is 161 Å². The zero-order chi connectivity index (χ0) is 19.3. The summed E-state index contributed by atoms with van der Waals surface area (Å²) in [6, 6.07) is 0. The van der Waals surface area contributed by atoms with Gasteiger partial charge in [0.1, 0.15) is 6.10 Å². The molecule has 0 saturated heterocycles. The van der Waals surface area contributed by atoms with E-state index in [1.54, 1.807) is 0 Å². The second kappa shape index (κ2) is 20.7. The second-order valence-electron chi connectivity index (χ2n) is 7.48. The Bertz CT molecular complexity index is 290. The van der Waals surface area contributed by atoms with Crippen molar-refractivity contribution in [3.63, 3.8) is 0 Å². The van der Waals surface area contributed by atoms with Crippen molar-refractivity contribution >= 4 is 5.97 Å². The van der Waals surface area contributed by atoms with Gasteiger partial charge in [-0.15, -0.1) is 0 Å². The third kappa shape index (κ3) is 18.2. The maximum absolute atomic E-state index is 11.6. The number of unbranched alkanes of at least 4 members (excludes halogenated alkanes) is 14. The van der Waals surface area contributed by atoms with Gasteiger partial charge < -0.3 is 14.9 Å². The Morgan fingerprint density at radius 3 is 1.42 bits per heavy atom. The van der Waals surface area contributed by atoms with Crippen LogP contribution in [-0.4, -0.2) is 35.5 Å². The highest BCUT2D eigenvalue weighted by Gasteiger charge is 2.10. The van der Waals surface area contributed by atoms with E-state index < -0.39 is 0 Å². The van der Waals surface area contributed by atoms with E-state index in [2.05, 4.69) is 0 Å². The molecule has 0 amide bonds. The third-order valence-corrected chi connectivity index (χ3v) is 5.00. The minimum Gasteiger partial charge on any atom is -0.460 e. The number of aliphatic hydroxyl groups excluding tert-OH is 2. The van der Waals surface area contributed by atoms with Crippen LogP contribution in [0.5, 0.6) is 0 Å². The number of rotatable bonds is 20. The summed E-state index contributed by atoms with van der Waals surface area (Å²) in [7, 11) is 0. The third-order valence-electron chi connectivity index (χ3n) is 5.00. The molecule has 1 atom stereocenters. The van der Waals surface area contributed by atoms with Gasteiger partial charge in [-0.25, -0.2) is 0 Å². The van der Waals surface area contributed by atoms with Crippen molar-refractivity contribution in [1.82, 2.24) is 0 Å². The number of ether oxygens (including phenoxy) is 1.